The van der Waals surface area contributed by atoms with Crippen LogP contribution in [0.1, 0.15) is 41.7 Å². The van der Waals surface area contributed by atoms with E-state index in [4.69, 9.17) is 20.6 Å². The van der Waals surface area contributed by atoms with E-state index in [0.29, 0.717) is 11.3 Å². The molecule has 0 radical (unpaired) electrons. The number of rotatable bonds is 8. The van der Waals surface area contributed by atoms with Crippen LogP contribution in [0.15, 0.2) is 78.4 Å². The average Bonchev–Trinajstić information content (AvgIpc) is 2.88. The number of benzene rings is 3. The van der Waals surface area contributed by atoms with Crippen LogP contribution in [-0.4, -0.2) is 13.1 Å². The van der Waals surface area contributed by atoms with Gasteiger partial charge < -0.3 is 14.2 Å². The molecule has 0 heterocycles. The van der Waals surface area contributed by atoms with Crippen molar-refractivity contribution in [3.63, 3.8) is 0 Å². The fraction of sp³-hybridized carbons (Fsp3) is 0.194. The normalized spacial score (nSPS) is 11.8. The van der Waals surface area contributed by atoms with Gasteiger partial charge in [0.1, 0.15) is 18.1 Å². The van der Waals surface area contributed by atoms with Gasteiger partial charge in [-0.2, -0.15) is 0 Å². The van der Waals surface area contributed by atoms with E-state index in [2.05, 4.69) is 5.92 Å². The number of aryl methyl sites for hydroxylation is 2. The second-order valence-corrected chi connectivity index (χ2v) is 8.12. The minimum atomic E-state index is -0.629. The Morgan fingerprint density at radius 2 is 1.66 bits per heavy atom. The maximum atomic E-state index is 12.6. The van der Waals surface area contributed by atoms with Gasteiger partial charge in [-0.1, -0.05) is 60.5 Å². The Morgan fingerprint density at radius 1 is 0.971 bits per heavy atom. The van der Waals surface area contributed by atoms with Gasteiger partial charge in [0, 0.05) is 5.56 Å². The van der Waals surface area contributed by atoms with E-state index in [1.807, 2.05) is 101 Å². The Labute approximate surface area is 207 Å². The predicted molar refractivity (Wildman–Crippen MR) is 141 cm³/mol. The Hall–Kier alpha value is -4.23. The van der Waals surface area contributed by atoms with Crippen LogP contribution in [0.3, 0.4) is 0 Å². The molecule has 3 rings (SSSR count). The van der Waals surface area contributed by atoms with Gasteiger partial charge in [-0.3, -0.25) is 0 Å². The zero-order valence-corrected chi connectivity index (χ0v) is 20.8. The molecule has 0 aliphatic heterocycles. The fourth-order valence-corrected chi connectivity index (χ4v) is 3.68. The highest BCUT2D eigenvalue weighted by Crippen LogP contribution is 2.35. The van der Waals surface area contributed by atoms with Crippen molar-refractivity contribution >= 4 is 17.3 Å². The third kappa shape index (κ3) is 6.02. The third-order valence-electron chi connectivity index (χ3n) is 5.71. The number of para-hydroxylation sites is 1. The van der Waals surface area contributed by atoms with Gasteiger partial charge in [-0.05, 0) is 73.7 Å². The lowest BCUT2D eigenvalue weighted by molar-refractivity contribution is -0.135. The Morgan fingerprint density at radius 3 is 2.26 bits per heavy atom. The van der Waals surface area contributed by atoms with Gasteiger partial charge in [-0.25, -0.2) is 4.79 Å². The summed E-state index contributed by atoms with van der Waals surface area (Å²) in [6, 6.07) is 21.4. The molecule has 0 aliphatic carbocycles. The number of hydrogen-bond acceptors (Lipinski definition) is 4. The second kappa shape index (κ2) is 11.8. The number of methoxy groups -OCH3 is 1. The van der Waals surface area contributed by atoms with E-state index in [0.717, 1.165) is 33.6 Å². The van der Waals surface area contributed by atoms with E-state index in [1.165, 1.54) is 7.11 Å². The zero-order chi connectivity index (χ0) is 25.4. The minimum Gasteiger partial charge on any atom is -0.487 e. The largest absolute Gasteiger partial charge is 0.487 e. The van der Waals surface area contributed by atoms with Gasteiger partial charge in [-0.15, -0.1) is 6.42 Å². The van der Waals surface area contributed by atoms with E-state index < -0.39 is 5.97 Å². The molecule has 0 N–H and O–H groups in total. The van der Waals surface area contributed by atoms with Crippen LogP contribution in [0, 0.1) is 26.2 Å². The first-order valence-corrected chi connectivity index (χ1v) is 11.4. The predicted octanol–water partition coefficient (Wildman–Crippen LogP) is 7.25. The highest BCUT2D eigenvalue weighted by molar-refractivity contribution is 6.01. The summed E-state index contributed by atoms with van der Waals surface area (Å²) in [6.45, 7) is 8.22. The summed E-state index contributed by atoms with van der Waals surface area (Å²) >= 11 is 0. The molecule has 0 atom stereocenters. The van der Waals surface area contributed by atoms with Crippen LogP contribution in [0.5, 0.6) is 11.5 Å². The summed E-state index contributed by atoms with van der Waals surface area (Å²) in [7, 11) is 1.30. The molecule has 0 saturated carbocycles. The molecule has 0 unspecified atom stereocenters. The van der Waals surface area contributed by atoms with Crippen molar-refractivity contribution in [1.82, 2.24) is 0 Å². The van der Waals surface area contributed by atoms with Crippen LogP contribution in [-0.2, 0) is 20.9 Å². The molecule has 0 aromatic heterocycles. The summed E-state index contributed by atoms with van der Waals surface area (Å²) in [6.07, 6.45) is 7.74. The maximum absolute atomic E-state index is 12.6. The van der Waals surface area contributed by atoms with Gasteiger partial charge in [0.25, 0.3) is 0 Å². The van der Waals surface area contributed by atoms with E-state index in [1.54, 1.807) is 0 Å². The van der Waals surface area contributed by atoms with Crippen molar-refractivity contribution in [1.29, 1.82) is 0 Å². The monoisotopic (exact) mass is 466 g/mol. The topological polar surface area (TPSA) is 44.8 Å². The molecule has 35 heavy (non-hydrogen) atoms. The van der Waals surface area contributed by atoms with Gasteiger partial charge in [0.15, 0.2) is 11.3 Å². The second-order valence-electron chi connectivity index (χ2n) is 8.12. The molecule has 3 aromatic rings. The van der Waals surface area contributed by atoms with E-state index >= 15 is 0 Å². The molecule has 0 bridgehead atoms. The van der Waals surface area contributed by atoms with Gasteiger partial charge in [0.05, 0.1) is 7.11 Å². The average molecular weight is 467 g/mol. The standard InChI is InChI=1S/C31H30O4/c1-7-21(3)28-19-25(35-29-22(4)13-12-14-23(29)5)17-18-27(28)30(26(8-2)31(32)33-6)34-20-24-15-10-9-11-16-24/h2,7,9-19H,20H2,1,3-6H3/b21-7-,30-26-. The maximum Gasteiger partial charge on any atom is 0.350 e. The highest BCUT2D eigenvalue weighted by atomic mass is 16.5. The molecular formula is C31H30O4. The number of hydrogen-bond donors (Lipinski definition) is 0. The molecular weight excluding hydrogens is 436 g/mol. The Kier molecular flexibility index (Phi) is 8.53. The SMILES string of the molecule is C#C/C(C(=O)OC)=C(/OCc1ccccc1)c1ccc(Oc2c(C)cccc2C)cc1/C(C)=C\C. The quantitative estimate of drug-likeness (QED) is 0.152. The lowest BCUT2D eigenvalue weighted by atomic mass is 9.96. The molecule has 4 nitrogen and oxygen atoms in total. The summed E-state index contributed by atoms with van der Waals surface area (Å²) < 4.78 is 17.4. The molecule has 4 heteroatoms. The van der Waals surface area contributed by atoms with E-state index in [9.17, 15) is 4.79 Å². The number of terminal acetylenes is 1. The Balaban J connectivity index is 2.13. The van der Waals surface area contributed by atoms with Crippen LogP contribution in [0.4, 0.5) is 0 Å². The first-order chi connectivity index (χ1) is 16.9. The van der Waals surface area contributed by atoms with E-state index in [-0.39, 0.29) is 17.9 Å². The summed E-state index contributed by atoms with van der Waals surface area (Å²) in [5.41, 5.74) is 5.58. The molecule has 0 fully saturated rings. The first-order valence-electron chi connectivity index (χ1n) is 11.4. The molecule has 0 spiro atoms. The Bertz CT molecular complexity index is 1290. The molecule has 0 amide bonds. The van der Waals surface area contributed by atoms with Gasteiger partial charge in [0.2, 0.25) is 0 Å². The summed E-state index contributed by atoms with van der Waals surface area (Å²) in [5.74, 6) is 3.62. The molecule has 178 valence electrons. The number of carbonyl (C=O) groups is 1. The smallest absolute Gasteiger partial charge is 0.350 e. The summed E-state index contributed by atoms with van der Waals surface area (Å²) in [5, 5.41) is 0. The zero-order valence-electron chi connectivity index (χ0n) is 20.8. The summed E-state index contributed by atoms with van der Waals surface area (Å²) in [4.78, 5) is 12.6. The van der Waals surface area contributed by atoms with Crippen LogP contribution in [0.25, 0.3) is 11.3 Å². The van der Waals surface area contributed by atoms with Crippen molar-refractivity contribution in [2.75, 3.05) is 7.11 Å². The number of carbonyl (C=O) groups excluding carboxylic acids is 1. The van der Waals surface area contributed by atoms with Crippen molar-refractivity contribution in [2.45, 2.75) is 34.3 Å². The van der Waals surface area contributed by atoms with Crippen LogP contribution >= 0.6 is 0 Å². The molecule has 0 aliphatic rings. The highest BCUT2D eigenvalue weighted by Gasteiger charge is 2.22. The van der Waals surface area contributed by atoms with Crippen molar-refractivity contribution in [3.05, 3.63) is 106 Å². The number of allylic oxidation sites excluding steroid dienone is 2. The van der Waals surface area contributed by atoms with Crippen LogP contribution < -0.4 is 4.74 Å². The fourth-order valence-electron chi connectivity index (χ4n) is 3.68. The molecule has 3 aromatic carbocycles. The molecule has 0 saturated heterocycles. The van der Waals surface area contributed by atoms with Crippen molar-refractivity contribution in [3.8, 4) is 23.8 Å². The number of esters is 1. The number of ether oxygens (including phenoxy) is 3. The lowest BCUT2D eigenvalue weighted by Crippen LogP contribution is -2.09. The third-order valence-corrected chi connectivity index (χ3v) is 5.71. The lowest BCUT2D eigenvalue weighted by Gasteiger charge is -2.19. The minimum absolute atomic E-state index is 0.0250. The van der Waals surface area contributed by atoms with Crippen molar-refractivity contribution in [2.24, 2.45) is 0 Å². The van der Waals surface area contributed by atoms with Crippen LogP contribution in [0.2, 0.25) is 0 Å². The first kappa shape index (κ1) is 25.4. The van der Waals surface area contributed by atoms with Crippen molar-refractivity contribution < 1.29 is 19.0 Å². The van der Waals surface area contributed by atoms with Gasteiger partial charge >= 0.3 is 5.97 Å².